The molecule has 0 bridgehead atoms. The first-order chi connectivity index (χ1) is 13.7. The summed E-state index contributed by atoms with van der Waals surface area (Å²) < 4.78 is 16.9. The molecular formula is C20H21N5O3. The third-order valence-electron chi connectivity index (χ3n) is 4.87. The van der Waals surface area contributed by atoms with Gasteiger partial charge >= 0.3 is 0 Å². The molecule has 144 valence electrons. The Morgan fingerprint density at radius 2 is 2.21 bits per heavy atom. The Kier molecular flexibility index (Phi) is 4.98. The van der Waals surface area contributed by atoms with E-state index >= 15 is 0 Å². The predicted molar refractivity (Wildman–Crippen MR) is 102 cm³/mol. The number of hydrogen-bond donors (Lipinski definition) is 0. The molecule has 1 unspecified atom stereocenters. The minimum absolute atomic E-state index is 0.340. The van der Waals surface area contributed by atoms with E-state index in [1.807, 2.05) is 6.92 Å². The Labute approximate surface area is 162 Å². The fraction of sp³-hybridized carbons (Fsp3) is 0.400. The van der Waals surface area contributed by atoms with Crippen molar-refractivity contribution in [1.82, 2.24) is 15.0 Å². The van der Waals surface area contributed by atoms with Crippen LogP contribution in [0.1, 0.15) is 24.3 Å². The van der Waals surface area contributed by atoms with Gasteiger partial charge in [0.2, 0.25) is 0 Å². The number of fused-ring (bicyclic) bond motifs is 1. The lowest BCUT2D eigenvalue weighted by Crippen LogP contribution is -2.38. The molecule has 2 aromatic heterocycles. The van der Waals surface area contributed by atoms with E-state index in [9.17, 15) is 0 Å². The molecule has 8 nitrogen and oxygen atoms in total. The molecule has 0 amide bonds. The molecule has 1 aliphatic rings. The predicted octanol–water partition coefficient (Wildman–Crippen LogP) is 3.10. The summed E-state index contributed by atoms with van der Waals surface area (Å²) in [5.74, 6) is 2.95. The lowest BCUT2D eigenvalue weighted by atomic mass is 9.99. The first-order valence-corrected chi connectivity index (χ1v) is 9.22. The van der Waals surface area contributed by atoms with Crippen LogP contribution in [0.5, 0.6) is 11.5 Å². The number of oxazole rings is 1. The van der Waals surface area contributed by atoms with Crippen molar-refractivity contribution in [3.05, 3.63) is 36.0 Å². The zero-order valence-corrected chi connectivity index (χ0v) is 15.9. The van der Waals surface area contributed by atoms with Gasteiger partial charge in [0.1, 0.15) is 6.33 Å². The van der Waals surface area contributed by atoms with E-state index in [0.717, 1.165) is 31.7 Å². The molecule has 8 heteroatoms. The molecule has 0 saturated carbocycles. The van der Waals surface area contributed by atoms with Gasteiger partial charge in [0, 0.05) is 32.0 Å². The van der Waals surface area contributed by atoms with Gasteiger partial charge in [-0.05, 0) is 25.0 Å². The fourth-order valence-corrected chi connectivity index (χ4v) is 3.54. The average Bonchev–Trinajstić information content (AvgIpc) is 3.12. The number of hydrogen-bond acceptors (Lipinski definition) is 8. The van der Waals surface area contributed by atoms with Gasteiger partial charge in [-0.25, -0.2) is 9.97 Å². The lowest BCUT2D eigenvalue weighted by molar-refractivity contribution is 0.220. The zero-order chi connectivity index (χ0) is 19.5. The summed E-state index contributed by atoms with van der Waals surface area (Å²) in [4.78, 5) is 15.3. The van der Waals surface area contributed by atoms with Crippen LogP contribution in [-0.4, -0.2) is 41.8 Å². The third-order valence-corrected chi connectivity index (χ3v) is 4.87. The van der Waals surface area contributed by atoms with Gasteiger partial charge in [0.25, 0.3) is 5.71 Å². The maximum absolute atomic E-state index is 9.02. The highest BCUT2D eigenvalue weighted by Gasteiger charge is 2.25. The summed E-state index contributed by atoms with van der Waals surface area (Å²) in [5.41, 5.74) is 1.77. The number of piperidine rings is 1. The van der Waals surface area contributed by atoms with Crippen molar-refractivity contribution in [2.75, 3.05) is 31.7 Å². The highest BCUT2D eigenvalue weighted by atomic mass is 16.5. The van der Waals surface area contributed by atoms with Crippen LogP contribution in [0.2, 0.25) is 0 Å². The van der Waals surface area contributed by atoms with Crippen molar-refractivity contribution in [2.45, 2.75) is 19.8 Å². The number of anilines is 1. The molecule has 1 saturated heterocycles. The Hall–Kier alpha value is -3.34. The van der Waals surface area contributed by atoms with Crippen LogP contribution in [0.4, 0.5) is 5.82 Å². The second kappa shape index (κ2) is 7.72. The number of aryl methyl sites for hydroxylation is 1. The summed E-state index contributed by atoms with van der Waals surface area (Å²) in [6, 6.07) is 7.31. The minimum atomic E-state index is 0.340. The van der Waals surface area contributed by atoms with Gasteiger partial charge in [-0.2, -0.15) is 10.2 Å². The lowest BCUT2D eigenvalue weighted by Gasteiger charge is -2.33. The van der Waals surface area contributed by atoms with Crippen molar-refractivity contribution in [1.29, 1.82) is 5.26 Å². The van der Waals surface area contributed by atoms with Crippen LogP contribution in [-0.2, 0) is 0 Å². The standard InChI is InChI=1S/C20H21N5O3/c1-13-24-18-19(22-12-23-20(18)28-13)25-7-3-4-15(10-25)11-27-16-6-5-14(9-21)8-17(16)26-2/h5-6,8,12,15H,3-4,7,10-11H2,1-2H3. The smallest absolute Gasteiger partial charge is 0.252 e. The monoisotopic (exact) mass is 379 g/mol. The molecule has 0 N–H and O–H groups in total. The number of ether oxygens (including phenoxy) is 2. The molecule has 3 aromatic rings. The van der Waals surface area contributed by atoms with Crippen LogP contribution < -0.4 is 14.4 Å². The van der Waals surface area contributed by atoms with E-state index < -0.39 is 0 Å². The minimum Gasteiger partial charge on any atom is -0.493 e. The Morgan fingerprint density at radius 1 is 1.32 bits per heavy atom. The van der Waals surface area contributed by atoms with E-state index in [-0.39, 0.29) is 0 Å². The molecule has 1 fully saturated rings. The molecule has 0 spiro atoms. The molecule has 28 heavy (non-hydrogen) atoms. The molecule has 1 atom stereocenters. The van der Waals surface area contributed by atoms with Crippen LogP contribution in [0, 0.1) is 24.2 Å². The van der Waals surface area contributed by atoms with Crippen LogP contribution in [0.25, 0.3) is 11.2 Å². The maximum atomic E-state index is 9.02. The molecule has 3 heterocycles. The molecular weight excluding hydrogens is 358 g/mol. The van der Waals surface area contributed by atoms with Gasteiger partial charge in [0.05, 0.1) is 25.3 Å². The number of rotatable bonds is 5. The maximum Gasteiger partial charge on any atom is 0.252 e. The molecule has 0 aliphatic carbocycles. The SMILES string of the molecule is COc1cc(C#N)ccc1OCC1CCCN(c2ncnc3oc(C)nc23)C1. The van der Waals surface area contributed by atoms with Crippen LogP contribution >= 0.6 is 0 Å². The largest absolute Gasteiger partial charge is 0.493 e. The summed E-state index contributed by atoms with van der Waals surface area (Å²) in [6.45, 7) is 4.10. The summed E-state index contributed by atoms with van der Waals surface area (Å²) in [7, 11) is 1.58. The van der Waals surface area contributed by atoms with Crippen molar-refractivity contribution in [3.63, 3.8) is 0 Å². The summed E-state index contributed by atoms with van der Waals surface area (Å²) in [5, 5.41) is 9.02. The van der Waals surface area contributed by atoms with Crippen molar-refractivity contribution in [2.24, 2.45) is 5.92 Å². The van der Waals surface area contributed by atoms with Crippen molar-refractivity contribution >= 4 is 17.0 Å². The van der Waals surface area contributed by atoms with Gasteiger partial charge in [-0.1, -0.05) is 0 Å². The Balaban J connectivity index is 1.47. The quantitative estimate of drug-likeness (QED) is 0.667. The highest BCUT2D eigenvalue weighted by molar-refractivity contribution is 5.81. The van der Waals surface area contributed by atoms with Crippen LogP contribution in [0.3, 0.4) is 0 Å². The van der Waals surface area contributed by atoms with Gasteiger partial charge in [-0.3, -0.25) is 0 Å². The number of methoxy groups -OCH3 is 1. The van der Waals surface area contributed by atoms with Crippen molar-refractivity contribution in [3.8, 4) is 17.6 Å². The number of nitriles is 1. The topological polar surface area (TPSA) is 97.3 Å². The number of aromatic nitrogens is 3. The van der Waals surface area contributed by atoms with E-state index in [2.05, 4.69) is 25.9 Å². The third kappa shape index (κ3) is 3.56. The van der Waals surface area contributed by atoms with E-state index in [1.165, 1.54) is 6.33 Å². The van der Waals surface area contributed by atoms with Gasteiger partial charge in [-0.15, -0.1) is 0 Å². The van der Waals surface area contributed by atoms with Gasteiger partial charge < -0.3 is 18.8 Å². The molecule has 1 aliphatic heterocycles. The molecule has 1 aromatic carbocycles. The zero-order valence-electron chi connectivity index (χ0n) is 15.9. The normalized spacial score (nSPS) is 16.8. The first kappa shape index (κ1) is 18.0. The van der Waals surface area contributed by atoms with E-state index in [4.69, 9.17) is 19.2 Å². The first-order valence-electron chi connectivity index (χ1n) is 9.22. The molecule has 4 rings (SSSR count). The van der Waals surface area contributed by atoms with Gasteiger partial charge in [0.15, 0.2) is 28.7 Å². The Bertz CT molecular complexity index is 1030. The average molecular weight is 379 g/mol. The summed E-state index contributed by atoms with van der Waals surface area (Å²) in [6.07, 6.45) is 3.63. The number of nitrogens with zero attached hydrogens (tertiary/aromatic N) is 5. The van der Waals surface area contributed by atoms with Crippen LogP contribution in [0.15, 0.2) is 28.9 Å². The molecule has 0 radical (unpaired) electrons. The van der Waals surface area contributed by atoms with Crippen molar-refractivity contribution < 1.29 is 13.9 Å². The highest BCUT2D eigenvalue weighted by Crippen LogP contribution is 2.31. The second-order valence-electron chi connectivity index (χ2n) is 6.83. The summed E-state index contributed by atoms with van der Waals surface area (Å²) >= 11 is 0. The van der Waals surface area contributed by atoms with E-state index in [0.29, 0.717) is 46.7 Å². The van der Waals surface area contributed by atoms with E-state index in [1.54, 1.807) is 25.3 Å². The fourth-order valence-electron chi connectivity index (χ4n) is 3.54. The second-order valence-corrected chi connectivity index (χ2v) is 6.83. The Morgan fingerprint density at radius 3 is 3.04 bits per heavy atom. The number of benzene rings is 1.